The molecule has 0 radical (unpaired) electrons. The lowest BCUT2D eigenvalue weighted by molar-refractivity contribution is 0.734. The molecule has 0 aliphatic rings. The number of thiazole rings is 1. The van der Waals surface area contributed by atoms with Gasteiger partial charge in [0.05, 0.1) is 29.5 Å². The van der Waals surface area contributed by atoms with Crippen LogP contribution in [0.2, 0.25) is 0 Å². The summed E-state index contributed by atoms with van der Waals surface area (Å²) in [5, 5.41) is 6.60. The standard InChI is InChI=1S/C18H13BrN4OS/c19-12-6-7-16-15(8-12)17(24)23(11-20-16)9-14-10-25-18(22-14)21-13-4-2-1-3-5-13/h1-8,10-11H,9H2,(H,21,22). The van der Waals surface area contributed by atoms with Crippen LogP contribution in [0.4, 0.5) is 10.8 Å². The smallest absolute Gasteiger partial charge is 0.261 e. The topological polar surface area (TPSA) is 59.8 Å². The Balaban J connectivity index is 1.59. The second-order valence-electron chi connectivity index (χ2n) is 5.47. The minimum atomic E-state index is -0.0723. The Labute approximate surface area is 156 Å². The summed E-state index contributed by atoms with van der Waals surface area (Å²) in [5.41, 5.74) is 2.42. The first-order chi connectivity index (χ1) is 12.2. The van der Waals surface area contributed by atoms with E-state index in [0.29, 0.717) is 17.4 Å². The van der Waals surface area contributed by atoms with Crippen molar-refractivity contribution >= 4 is 49.0 Å². The summed E-state index contributed by atoms with van der Waals surface area (Å²) in [6.45, 7) is 0.390. The number of para-hydroxylation sites is 1. The average Bonchev–Trinajstić information content (AvgIpc) is 3.06. The summed E-state index contributed by atoms with van der Waals surface area (Å²) in [6.07, 6.45) is 1.57. The number of nitrogens with one attached hydrogen (secondary N) is 1. The summed E-state index contributed by atoms with van der Waals surface area (Å²) in [7, 11) is 0. The fraction of sp³-hybridized carbons (Fsp3) is 0.0556. The van der Waals surface area contributed by atoms with Crippen molar-refractivity contribution in [1.82, 2.24) is 14.5 Å². The van der Waals surface area contributed by atoms with Gasteiger partial charge in [0.1, 0.15) is 0 Å². The summed E-state index contributed by atoms with van der Waals surface area (Å²) >= 11 is 4.91. The molecule has 4 aromatic rings. The Bertz CT molecular complexity index is 1090. The fourth-order valence-electron chi connectivity index (χ4n) is 2.50. The molecule has 0 fully saturated rings. The van der Waals surface area contributed by atoms with Crippen molar-refractivity contribution in [3.8, 4) is 0 Å². The zero-order chi connectivity index (χ0) is 17.2. The number of rotatable bonds is 4. The van der Waals surface area contributed by atoms with Crippen molar-refractivity contribution < 1.29 is 0 Å². The second-order valence-corrected chi connectivity index (χ2v) is 7.25. The van der Waals surface area contributed by atoms with Gasteiger partial charge in [0.15, 0.2) is 5.13 Å². The number of fused-ring (bicyclic) bond motifs is 1. The number of hydrogen-bond acceptors (Lipinski definition) is 5. The number of aromatic nitrogens is 3. The van der Waals surface area contributed by atoms with Crippen LogP contribution in [0.25, 0.3) is 10.9 Å². The van der Waals surface area contributed by atoms with Gasteiger partial charge in [-0.1, -0.05) is 34.1 Å². The molecule has 0 atom stereocenters. The van der Waals surface area contributed by atoms with E-state index >= 15 is 0 Å². The molecule has 0 amide bonds. The third-order valence-electron chi connectivity index (χ3n) is 3.70. The zero-order valence-electron chi connectivity index (χ0n) is 13.0. The van der Waals surface area contributed by atoms with E-state index in [1.54, 1.807) is 17.0 Å². The van der Waals surface area contributed by atoms with Gasteiger partial charge >= 0.3 is 0 Å². The van der Waals surface area contributed by atoms with E-state index in [1.165, 1.54) is 11.3 Å². The van der Waals surface area contributed by atoms with Gasteiger partial charge < -0.3 is 5.32 Å². The Morgan fingerprint density at radius 2 is 2.00 bits per heavy atom. The van der Waals surface area contributed by atoms with E-state index in [9.17, 15) is 4.79 Å². The molecule has 0 aliphatic heterocycles. The first kappa shape index (κ1) is 16.0. The summed E-state index contributed by atoms with van der Waals surface area (Å²) in [6, 6.07) is 15.4. The normalized spacial score (nSPS) is 10.9. The number of hydrogen-bond donors (Lipinski definition) is 1. The van der Waals surface area contributed by atoms with Crippen LogP contribution in [0.3, 0.4) is 0 Å². The van der Waals surface area contributed by atoms with Crippen molar-refractivity contribution in [3.05, 3.63) is 80.8 Å². The van der Waals surface area contributed by atoms with Crippen LogP contribution >= 0.6 is 27.3 Å². The number of benzene rings is 2. The van der Waals surface area contributed by atoms with E-state index in [1.807, 2.05) is 47.8 Å². The second kappa shape index (κ2) is 6.78. The van der Waals surface area contributed by atoms with Crippen LogP contribution in [0.5, 0.6) is 0 Å². The quantitative estimate of drug-likeness (QED) is 0.539. The lowest BCUT2D eigenvalue weighted by Crippen LogP contribution is -2.21. The molecular weight excluding hydrogens is 400 g/mol. The predicted molar refractivity (Wildman–Crippen MR) is 105 cm³/mol. The fourth-order valence-corrected chi connectivity index (χ4v) is 3.58. The Hall–Kier alpha value is -2.51. The van der Waals surface area contributed by atoms with Crippen molar-refractivity contribution in [1.29, 1.82) is 0 Å². The van der Waals surface area contributed by atoms with Gasteiger partial charge in [0, 0.05) is 15.5 Å². The van der Waals surface area contributed by atoms with Gasteiger partial charge in [-0.2, -0.15) is 0 Å². The Morgan fingerprint density at radius 1 is 1.16 bits per heavy atom. The molecule has 0 spiro atoms. The predicted octanol–water partition coefficient (Wildman–Crippen LogP) is 4.41. The molecule has 0 saturated heterocycles. The molecule has 0 unspecified atom stereocenters. The molecule has 0 bridgehead atoms. The lowest BCUT2D eigenvalue weighted by atomic mass is 10.2. The molecule has 2 aromatic heterocycles. The number of halogens is 1. The molecule has 1 N–H and O–H groups in total. The minimum absolute atomic E-state index is 0.0723. The van der Waals surface area contributed by atoms with Crippen molar-refractivity contribution in [3.63, 3.8) is 0 Å². The van der Waals surface area contributed by atoms with Crippen LogP contribution in [0, 0.1) is 0 Å². The molecule has 2 heterocycles. The van der Waals surface area contributed by atoms with Crippen LogP contribution in [0.1, 0.15) is 5.69 Å². The summed E-state index contributed by atoms with van der Waals surface area (Å²) in [4.78, 5) is 21.6. The lowest BCUT2D eigenvalue weighted by Gasteiger charge is -2.05. The first-order valence-corrected chi connectivity index (χ1v) is 9.27. The number of anilines is 2. The van der Waals surface area contributed by atoms with Gasteiger partial charge in [-0.05, 0) is 30.3 Å². The molecule has 0 saturated carbocycles. The van der Waals surface area contributed by atoms with E-state index in [0.717, 1.165) is 21.0 Å². The monoisotopic (exact) mass is 412 g/mol. The summed E-state index contributed by atoms with van der Waals surface area (Å²) < 4.78 is 2.44. The highest BCUT2D eigenvalue weighted by molar-refractivity contribution is 9.10. The highest BCUT2D eigenvalue weighted by Crippen LogP contribution is 2.21. The molecule has 2 aromatic carbocycles. The maximum absolute atomic E-state index is 12.6. The first-order valence-electron chi connectivity index (χ1n) is 7.60. The maximum Gasteiger partial charge on any atom is 0.261 e. The largest absolute Gasteiger partial charge is 0.332 e. The molecular formula is C18H13BrN4OS. The highest BCUT2D eigenvalue weighted by Gasteiger charge is 2.08. The van der Waals surface area contributed by atoms with Crippen molar-refractivity contribution in [2.45, 2.75) is 6.54 Å². The SMILES string of the molecule is O=c1c2cc(Br)ccc2ncn1Cc1csc(Nc2ccccc2)n1. The molecule has 5 nitrogen and oxygen atoms in total. The van der Waals surface area contributed by atoms with Gasteiger partial charge in [0.25, 0.3) is 5.56 Å². The third-order valence-corrected chi connectivity index (χ3v) is 5.00. The van der Waals surface area contributed by atoms with Gasteiger partial charge in [-0.3, -0.25) is 9.36 Å². The third kappa shape index (κ3) is 3.47. The van der Waals surface area contributed by atoms with E-state index < -0.39 is 0 Å². The Morgan fingerprint density at radius 3 is 2.84 bits per heavy atom. The Kier molecular flexibility index (Phi) is 4.33. The number of nitrogens with zero attached hydrogens (tertiary/aromatic N) is 3. The summed E-state index contributed by atoms with van der Waals surface area (Å²) in [5.74, 6) is 0. The van der Waals surface area contributed by atoms with Crippen molar-refractivity contribution in [2.24, 2.45) is 0 Å². The van der Waals surface area contributed by atoms with Crippen LogP contribution < -0.4 is 10.9 Å². The molecule has 25 heavy (non-hydrogen) atoms. The molecule has 124 valence electrons. The van der Waals surface area contributed by atoms with Gasteiger partial charge in [-0.25, -0.2) is 9.97 Å². The van der Waals surface area contributed by atoms with Crippen LogP contribution in [-0.4, -0.2) is 14.5 Å². The van der Waals surface area contributed by atoms with Crippen LogP contribution in [0.15, 0.2) is 69.5 Å². The highest BCUT2D eigenvalue weighted by atomic mass is 79.9. The minimum Gasteiger partial charge on any atom is -0.332 e. The molecule has 4 rings (SSSR count). The maximum atomic E-state index is 12.6. The van der Waals surface area contributed by atoms with E-state index in [-0.39, 0.29) is 5.56 Å². The zero-order valence-corrected chi connectivity index (χ0v) is 15.4. The van der Waals surface area contributed by atoms with Crippen LogP contribution in [-0.2, 0) is 6.54 Å². The molecule has 7 heteroatoms. The van der Waals surface area contributed by atoms with E-state index in [4.69, 9.17) is 0 Å². The van der Waals surface area contributed by atoms with Gasteiger partial charge in [-0.15, -0.1) is 11.3 Å². The van der Waals surface area contributed by atoms with Gasteiger partial charge in [0.2, 0.25) is 0 Å². The van der Waals surface area contributed by atoms with E-state index in [2.05, 4.69) is 31.2 Å². The molecule has 0 aliphatic carbocycles. The van der Waals surface area contributed by atoms with Crippen molar-refractivity contribution in [2.75, 3.05) is 5.32 Å². The average molecular weight is 413 g/mol.